The normalized spacial score (nSPS) is 22.3. The minimum absolute atomic E-state index is 0.276. The van der Waals surface area contributed by atoms with E-state index in [1.165, 1.54) is 32.1 Å². The molecule has 2 aliphatic carbocycles. The minimum Gasteiger partial charge on any atom is -0.356 e. The van der Waals surface area contributed by atoms with Crippen LogP contribution in [0.5, 0.6) is 0 Å². The second kappa shape index (κ2) is 3.46. The van der Waals surface area contributed by atoms with Crippen molar-refractivity contribution >= 4 is 5.91 Å². The first kappa shape index (κ1) is 8.09. The van der Waals surface area contributed by atoms with Crippen LogP contribution in [0, 0.1) is 11.8 Å². The Bertz CT molecular complexity index is 171. The molecule has 2 aliphatic rings. The molecule has 0 bridgehead atoms. The lowest BCUT2D eigenvalue weighted by Crippen LogP contribution is -2.24. The molecule has 2 heteroatoms. The molecule has 68 valence electrons. The van der Waals surface area contributed by atoms with Crippen molar-refractivity contribution in [3.05, 3.63) is 0 Å². The molecule has 0 aromatic heterocycles. The first-order chi connectivity index (χ1) is 5.84. The van der Waals surface area contributed by atoms with E-state index in [2.05, 4.69) is 5.32 Å². The first-order valence-corrected chi connectivity index (χ1v) is 5.11. The third kappa shape index (κ3) is 2.84. The van der Waals surface area contributed by atoms with Crippen molar-refractivity contribution in [1.82, 2.24) is 5.32 Å². The zero-order valence-corrected chi connectivity index (χ0v) is 7.51. The number of hydrogen-bond acceptors (Lipinski definition) is 1. The van der Waals surface area contributed by atoms with Crippen molar-refractivity contribution in [3.8, 4) is 0 Å². The summed E-state index contributed by atoms with van der Waals surface area (Å²) >= 11 is 0. The van der Waals surface area contributed by atoms with E-state index >= 15 is 0 Å². The van der Waals surface area contributed by atoms with Crippen molar-refractivity contribution in [2.75, 3.05) is 6.54 Å². The maximum absolute atomic E-state index is 11.2. The van der Waals surface area contributed by atoms with Crippen LogP contribution in [0.3, 0.4) is 0 Å². The van der Waals surface area contributed by atoms with Gasteiger partial charge in [0.25, 0.3) is 0 Å². The van der Waals surface area contributed by atoms with Gasteiger partial charge in [-0.1, -0.05) is 12.8 Å². The molecule has 2 nitrogen and oxygen atoms in total. The molecular weight excluding hydrogens is 150 g/mol. The predicted octanol–water partition coefficient (Wildman–Crippen LogP) is 1.70. The summed E-state index contributed by atoms with van der Waals surface area (Å²) in [5, 5.41) is 2.99. The molecule has 2 rings (SSSR count). The van der Waals surface area contributed by atoms with E-state index < -0.39 is 0 Å². The van der Waals surface area contributed by atoms with E-state index in [9.17, 15) is 4.79 Å². The summed E-state index contributed by atoms with van der Waals surface area (Å²) in [6, 6.07) is 0. The second-order valence-corrected chi connectivity index (χ2v) is 4.23. The van der Waals surface area contributed by atoms with Gasteiger partial charge in [-0.2, -0.15) is 0 Å². The topological polar surface area (TPSA) is 29.1 Å². The molecule has 0 aromatic rings. The number of nitrogens with one attached hydrogen (secondary N) is 1. The van der Waals surface area contributed by atoms with Gasteiger partial charge >= 0.3 is 0 Å². The van der Waals surface area contributed by atoms with Crippen LogP contribution in [0.25, 0.3) is 0 Å². The van der Waals surface area contributed by atoms with Crippen molar-refractivity contribution < 1.29 is 4.79 Å². The fourth-order valence-electron chi connectivity index (χ4n) is 1.48. The summed E-state index contributed by atoms with van der Waals surface area (Å²) in [6.07, 6.45) is 7.31. The van der Waals surface area contributed by atoms with Crippen LogP contribution in [0.2, 0.25) is 0 Å². The van der Waals surface area contributed by atoms with Crippen molar-refractivity contribution in [3.63, 3.8) is 0 Å². The number of rotatable bonds is 5. The summed E-state index contributed by atoms with van der Waals surface area (Å²) < 4.78 is 0. The summed E-state index contributed by atoms with van der Waals surface area (Å²) in [4.78, 5) is 11.2. The van der Waals surface area contributed by atoms with Crippen molar-refractivity contribution in [2.24, 2.45) is 11.8 Å². The van der Waals surface area contributed by atoms with Crippen molar-refractivity contribution in [1.29, 1.82) is 0 Å². The monoisotopic (exact) mass is 167 g/mol. The summed E-state index contributed by atoms with van der Waals surface area (Å²) in [5.41, 5.74) is 0. The molecule has 0 spiro atoms. The Morgan fingerprint density at radius 3 is 2.42 bits per heavy atom. The molecule has 1 amide bonds. The highest BCUT2D eigenvalue weighted by Crippen LogP contribution is 2.33. The van der Waals surface area contributed by atoms with Gasteiger partial charge in [-0.15, -0.1) is 0 Å². The number of carbonyl (C=O) groups is 1. The van der Waals surface area contributed by atoms with E-state index in [1.807, 2.05) is 0 Å². The molecule has 1 N–H and O–H groups in total. The maximum atomic E-state index is 11.2. The molecule has 0 atom stereocenters. The molecule has 0 unspecified atom stereocenters. The summed E-state index contributed by atoms with van der Waals surface area (Å²) in [5.74, 6) is 1.94. The van der Waals surface area contributed by atoms with Crippen LogP contribution in [0.1, 0.15) is 38.5 Å². The van der Waals surface area contributed by atoms with Crippen LogP contribution in [-0.4, -0.2) is 12.5 Å². The lowest BCUT2D eigenvalue weighted by Gasteiger charge is -2.02. The van der Waals surface area contributed by atoms with Crippen molar-refractivity contribution in [2.45, 2.75) is 38.5 Å². The third-order valence-corrected chi connectivity index (χ3v) is 2.74. The van der Waals surface area contributed by atoms with Crippen LogP contribution in [0.4, 0.5) is 0 Å². The van der Waals surface area contributed by atoms with Gasteiger partial charge in [0.2, 0.25) is 5.91 Å². The quantitative estimate of drug-likeness (QED) is 0.663. The lowest BCUT2D eigenvalue weighted by atomic mass is 10.2. The van der Waals surface area contributed by atoms with E-state index in [4.69, 9.17) is 0 Å². The summed E-state index contributed by atoms with van der Waals surface area (Å²) in [7, 11) is 0. The number of hydrogen-bond donors (Lipinski definition) is 1. The van der Waals surface area contributed by atoms with E-state index in [0.717, 1.165) is 24.8 Å². The molecule has 0 aliphatic heterocycles. The molecule has 0 radical (unpaired) electrons. The van der Waals surface area contributed by atoms with Crippen LogP contribution >= 0.6 is 0 Å². The van der Waals surface area contributed by atoms with E-state index in [0.29, 0.717) is 0 Å². The lowest BCUT2D eigenvalue weighted by molar-refractivity contribution is -0.121. The zero-order chi connectivity index (χ0) is 8.39. The van der Waals surface area contributed by atoms with Gasteiger partial charge in [0.1, 0.15) is 0 Å². The molecule has 2 saturated carbocycles. The predicted molar refractivity (Wildman–Crippen MR) is 47.7 cm³/mol. The van der Waals surface area contributed by atoms with Gasteiger partial charge in [-0.25, -0.2) is 0 Å². The van der Waals surface area contributed by atoms with Crippen LogP contribution in [0.15, 0.2) is 0 Å². The van der Waals surface area contributed by atoms with Crippen LogP contribution in [-0.2, 0) is 4.79 Å². The zero-order valence-electron chi connectivity index (χ0n) is 7.51. The summed E-state index contributed by atoms with van der Waals surface area (Å²) in [6.45, 7) is 0.913. The maximum Gasteiger partial charge on any atom is 0.220 e. The van der Waals surface area contributed by atoms with E-state index in [-0.39, 0.29) is 5.91 Å². The van der Waals surface area contributed by atoms with Crippen LogP contribution < -0.4 is 5.32 Å². The Kier molecular flexibility index (Phi) is 2.33. The largest absolute Gasteiger partial charge is 0.356 e. The Balaban J connectivity index is 1.49. The van der Waals surface area contributed by atoms with Gasteiger partial charge in [-0.05, 0) is 31.1 Å². The van der Waals surface area contributed by atoms with Gasteiger partial charge in [0.05, 0.1) is 0 Å². The smallest absolute Gasteiger partial charge is 0.220 e. The fourth-order valence-corrected chi connectivity index (χ4v) is 1.48. The molecule has 0 saturated heterocycles. The average molecular weight is 167 g/mol. The average Bonchev–Trinajstić information content (AvgIpc) is 2.77. The highest BCUT2D eigenvalue weighted by Gasteiger charge is 2.24. The molecular formula is C10H17NO. The molecule has 12 heavy (non-hydrogen) atoms. The molecule has 2 fully saturated rings. The van der Waals surface area contributed by atoms with Gasteiger partial charge in [0.15, 0.2) is 0 Å². The first-order valence-electron chi connectivity index (χ1n) is 5.11. The highest BCUT2D eigenvalue weighted by atomic mass is 16.1. The molecule has 0 aromatic carbocycles. The standard InChI is InChI=1S/C10H17NO/c12-10(7-9-3-4-9)11-6-5-8-1-2-8/h8-9H,1-7H2,(H,11,12). The van der Waals surface area contributed by atoms with Gasteiger partial charge < -0.3 is 5.32 Å². The highest BCUT2D eigenvalue weighted by molar-refractivity contribution is 5.76. The van der Waals surface area contributed by atoms with E-state index in [1.54, 1.807) is 0 Å². The number of amides is 1. The number of carbonyl (C=O) groups excluding carboxylic acids is 1. The third-order valence-electron chi connectivity index (χ3n) is 2.74. The Hall–Kier alpha value is -0.530. The van der Waals surface area contributed by atoms with Gasteiger partial charge in [0, 0.05) is 13.0 Å². The Labute approximate surface area is 73.7 Å². The second-order valence-electron chi connectivity index (χ2n) is 4.23. The Morgan fingerprint density at radius 1 is 1.17 bits per heavy atom. The van der Waals surface area contributed by atoms with Gasteiger partial charge in [-0.3, -0.25) is 4.79 Å². The Morgan fingerprint density at radius 2 is 1.83 bits per heavy atom. The minimum atomic E-state index is 0.276. The molecule has 0 heterocycles. The SMILES string of the molecule is O=C(CC1CC1)NCCC1CC1. The fraction of sp³-hybridized carbons (Fsp3) is 0.900.